The van der Waals surface area contributed by atoms with Gasteiger partial charge in [0.1, 0.15) is 5.82 Å². The SMILES string of the molecule is CCn1c(-c2cccc(O)c2O)nc2ccc(Cl)cc21. The molecule has 2 N–H and O–H groups in total. The maximum Gasteiger partial charge on any atom is 0.168 e. The average Bonchev–Trinajstić information content (AvgIpc) is 2.79. The maximum atomic E-state index is 10.0. The number of hydrogen-bond donors (Lipinski definition) is 2. The standard InChI is InChI=1S/C15H13ClN2O2/c1-2-18-12-8-9(16)6-7-11(12)17-15(18)10-4-3-5-13(19)14(10)20/h3-8,19-20H,2H2,1H3. The molecule has 0 unspecified atom stereocenters. The summed E-state index contributed by atoms with van der Waals surface area (Å²) < 4.78 is 1.95. The second-order valence-electron chi connectivity index (χ2n) is 4.49. The minimum absolute atomic E-state index is 0.157. The number of phenolic OH excluding ortho intramolecular Hbond substituents is 2. The van der Waals surface area contributed by atoms with Crippen molar-refractivity contribution in [1.29, 1.82) is 0 Å². The minimum atomic E-state index is -0.163. The molecule has 2 aromatic carbocycles. The second kappa shape index (κ2) is 4.72. The van der Waals surface area contributed by atoms with Gasteiger partial charge in [-0.25, -0.2) is 4.98 Å². The van der Waals surface area contributed by atoms with Crippen LogP contribution in [0.2, 0.25) is 5.02 Å². The fraction of sp³-hybridized carbons (Fsp3) is 0.133. The number of imidazole rings is 1. The number of phenols is 2. The lowest BCUT2D eigenvalue weighted by atomic mass is 10.1. The third-order valence-corrected chi connectivity index (χ3v) is 3.52. The van der Waals surface area contributed by atoms with Gasteiger partial charge in [-0.05, 0) is 37.3 Å². The van der Waals surface area contributed by atoms with Gasteiger partial charge in [-0.2, -0.15) is 0 Å². The zero-order valence-corrected chi connectivity index (χ0v) is 11.6. The van der Waals surface area contributed by atoms with Crippen molar-refractivity contribution in [3.05, 3.63) is 41.4 Å². The highest BCUT2D eigenvalue weighted by Crippen LogP contribution is 2.37. The number of fused-ring (bicyclic) bond motifs is 1. The smallest absolute Gasteiger partial charge is 0.168 e. The van der Waals surface area contributed by atoms with Gasteiger partial charge in [-0.1, -0.05) is 17.7 Å². The monoisotopic (exact) mass is 288 g/mol. The van der Waals surface area contributed by atoms with E-state index in [0.29, 0.717) is 23.0 Å². The van der Waals surface area contributed by atoms with Gasteiger partial charge in [0.2, 0.25) is 0 Å². The molecule has 0 bridgehead atoms. The van der Waals surface area contributed by atoms with E-state index >= 15 is 0 Å². The van der Waals surface area contributed by atoms with Crippen molar-refractivity contribution in [2.45, 2.75) is 13.5 Å². The number of rotatable bonds is 2. The van der Waals surface area contributed by atoms with E-state index in [9.17, 15) is 10.2 Å². The summed E-state index contributed by atoms with van der Waals surface area (Å²) in [4.78, 5) is 4.53. The summed E-state index contributed by atoms with van der Waals surface area (Å²) in [5, 5.41) is 20.3. The molecule has 102 valence electrons. The molecular weight excluding hydrogens is 276 g/mol. The van der Waals surface area contributed by atoms with Gasteiger partial charge in [0.05, 0.1) is 16.6 Å². The van der Waals surface area contributed by atoms with E-state index in [4.69, 9.17) is 11.6 Å². The Morgan fingerprint density at radius 1 is 1.20 bits per heavy atom. The van der Waals surface area contributed by atoms with E-state index in [1.54, 1.807) is 18.2 Å². The molecule has 0 aliphatic heterocycles. The predicted octanol–water partition coefficient (Wildman–Crippen LogP) is 3.79. The second-order valence-corrected chi connectivity index (χ2v) is 4.92. The van der Waals surface area contributed by atoms with Crippen LogP contribution in [0.25, 0.3) is 22.4 Å². The fourth-order valence-electron chi connectivity index (χ4n) is 2.33. The normalized spacial score (nSPS) is 11.1. The first-order valence-corrected chi connectivity index (χ1v) is 6.66. The zero-order chi connectivity index (χ0) is 14.3. The number of aromatic nitrogens is 2. The van der Waals surface area contributed by atoms with Gasteiger partial charge in [0.15, 0.2) is 11.5 Å². The van der Waals surface area contributed by atoms with Crippen LogP contribution in [0.1, 0.15) is 6.92 Å². The summed E-state index contributed by atoms with van der Waals surface area (Å²) in [6.07, 6.45) is 0. The number of halogens is 1. The largest absolute Gasteiger partial charge is 0.504 e. The maximum absolute atomic E-state index is 10.0. The van der Waals surface area contributed by atoms with Crippen molar-refractivity contribution < 1.29 is 10.2 Å². The number of aryl methyl sites for hydroxylation is 1. The Balaban J connectivity index is 2.33. The Morgan fingerprint density at radius 3 is 2.75 bits per heavy atom. The Labute approximate surface area is 120 Å². The molecule has 0 saturated heterocycles. The number of aromatic hydroxyl groups is 2. The molecule has 0 saturated carbocycles. The van der Waals surface area contributed by atoms with E-state index in [1.807, 2.05) is 23.6 Å². The van der Waals surface area contributed by atoms with E-state index < -0.39 is 0 Å². The summed E-state index contributed by atoms with van der Waals surface area (Å²) in [5.74, 6) is 0.289. The highest BCUT2D eigenvalue weighted by molar-refractivity contribution is 6.31. The van der Waals surface area contributed by atoms with Gasteiger partial charge in [0, 0.05) is 11.6 Å². The van der Waals surface area contributed by atoms with Crippen LogP contribution in [-0.2, 0) is 6.54 Å². The molecular formula is C15H13ClN2O2. The number of nitrogens with zero attached hydrogens (tertiary/aromatic N) is 2. The molecule has 1 heterocycles. The number of benzene rings is 2. The van der Waals surface area contributed by atoms with Gasteiger partial charge in [-0.15, -0.1) is 0 Å². The third-order valence-electron chi connectivity index (χ3n) is 3.28. The quantitative estimate of drug-likeness (QED) is 0.705. The summed E-state index contributed by atoms with van der Waals surface area (Å²) >= 11 is 6.03. The third kappa shape index (κ3) is 1.89. The molecule has 4 nitrogen and oxygen atoms in total. The summed E-state index contributed by atoms with van der Waals surface area (Å²) in [7, 11) is 0. The lowest BCUT2D eigenvalue weighted by molar-refractivity contribution is 0.405. The van der Waals surface area contributed by atoms with E-state index in [-0.39, 0.29) is 11.5 Å². The van der Waals surface area contributed by atoms with Crippen LogP contribution in [0.15, 0.2) is 36.4 Å². The molecule has 3 rings (SSSR count). The predicted molar refractivity (Wildman–Crippen MR) is 79.2 cm³/mol. The zero-order valence-electron chi connectivity index (χ0n) is 10.8. The Bertz CT molecular complexity index is 796. The first-order chi connectivity index (χ1) is 9.61. The van der Waals surface area contributed by atoms with Crippen LogP contribution in [0.5, 0.6) is 11.5 Å². The topological polar surface area (TPSA) is 58.3 Å². The van der Waals surface area contributed by atoms with E-state index in [0.717, 1.165) is 11.0 Å². The van der Waals surface area contributed by atoms with Crippen LogP contribution in [0.4, 0.5) is 0 Å². The summed E-state index contributed by atoms with van der Waals surface area (Å²) in [6, 6.07) is 10.3. The van der Waals surface area contributed by atoms with Gasteiger partial charge >= 0.3 is 0 Å². The first-order valence-electron chi connectivity index (χ1n) is 6.29. The summed E-state index contributed by atoms with van der Waals surface area (Å²) in [6.45, 7) is 2.67. The van der Waals surface area contributed by atoms with Gasteiger partial charge in [-0.3, -0.25) is 0 Å². The van der Waals surface area contributed by atoms with Crippen LogP contribution in [0, 0.1) is 0 Å². The number of para-hydroxylation sites is 1. The number of hydrogen-bond acceptors (Lipinski definition) is 3. The molecule has 3 aromatic rings. The van der Waals surface area contributed by atoms with Crippen molar-refractivity contribution in [2.75, 3.05) is 0 Å². The molecule has 0 aliphatic rings. The fourth-order valence-corrected chi connectivity index (χ4v) is 2.50. The molecule has 0 atom stereocenters. The van der Waals surface area contributed by atoms with Crippen LogP contribution in [0.3, 0.4) is 0 Å². The van der Waals surface area contributed by atoms with Crippen molar-refractivity contribution in [3.8, 4) is 22.9 Å². The molecule has 0 spiro atoms. The average molecular weight is 289 g/mol. The lowest BCUT2D eigenvalue weighted by Gasteiger charge is -2.08. The molecule has 1 aromatic heterocycles. The molecule has 0 amide bonds. The Morgan fingerprint density at radius 2 is 2.00 bits per heavy atom. The lowest BCUT2D eigenvalue weighted by Crippen LogP contribution is -1.97. The van der Waals surface area contributed by atoms with E-state index in [1.165, 1.54) is 6.07 Å². The molecule has 0 fully saturated rings. The van der Waals surface area contributed by atoms with Crippen LogP contribution < -0.4 is 0 Å². The highest BCUT2D eigenvalue weighted by Gasteiger charge is 2.16. The van der Waals surface area contributed by atoms with E-state index in [2.05, 4.69) is 4.98 Å². The van der Waals surface area contributed by atoms with Crippen molar-refractivity contribution in [3.63, 3.8) is 0 Å². The Hall–Kier alpha value is -2.20. The Kier molecular flexibility index (Phi) is 3.03. The van der Waals surface area contributed by atoms with Gasteiger partial charge < -0.3 is 14.8 Å². The van der Waals surface area contributed by atoms with Crippen LogP contribution >= 0.6 is 11.6 Å². The molecule has 0 radical (unpaired) electrons. The van der Waals surface area contributed by atoms with Crippen molar-refractivity contribution >= 4 is 22.6 Å². The van der Waals surface area contributed by atoms with Crippen molar-refractivity contribution in [1.82, 2.24) is 9.55 Å². The molecule has 5 heteroatoms. The highest BCUT2D eigenvalue weighted by atomic mass is 35.5. The minimum Gasteiger partial charge on any atom is -0.504 e. The van der Waals surface area contributed by atoms with Crippen molar-refractivity contribution in [2.24, 2.45) is 0 Å². The van der Waals surface area contributed by atoms with Gasteiger partial charge in [0.25, 0.3) is 0 Å². The molecule has 20 heavy (non-hydrogen) atoms. The van der Waals surface area contributed by atoms with Crippen LogP contribution in [-0.4, -0.2) is 19.8 Å². The first kappa shape index (κ1) is 12.8. The summed E-state index contributed by atoms with van der Waals surface area (Å²) in [5.41, 5.74) is 2.20. The molecule has 0 aliphatic carbocycles.